The lowest BCUT2D eigenvalue weighted by Gasteiger charge is -2.11. The van der Waals surface area contributed by atoms with E-state index in [1.165, 1.54) is 9.40 Å². The van der Waals surface area contributed by atoms with Crippen LogP contribution in [0.15, 0.2) is 17.5 Å². The van der Waals surface area contributed by atoms with E-state index in [-0.39, 0.29) is 11.9 Å². The molecule has 2 heterocycles. The number of carbonyl (C=O) groups excluding carboxylic acids is 1. The van der Waals surface area contributed by atoms with E-state index in [0.717, 1.165) is 17.7 Å². The second-order valence-electron chi connectivity index (χ2n) is 3.97. The minimum Gasteiger partial charge on any atom is -0.349 e. The fourth-order valence-corrected chi connectivity index (χ4v) is 3.79. The van der Waals surface area contributed by atoms with Crippen molar-refractivity contribution in [3.63, 3.8) is 0 Å². The lowest BCUT2D eigenvalue weighted by molar-refractivity contribution is 0.0942. The molecule has 2 nitrogen and oxygen atoms in total. The van der Waals surface area contributed by atoms with Gasteiger partial charge in [-0.1, -0.05) is 0 Å². The molecule has 1 amide bonds. The Labute approximate surface area is 114 Å². The standard InChI is InChI=1S/C12H14ClNOS2/c1-8(3-2-5-13)14-12(15)11-7-10-9(17-11)4-6-16-10/h4,6-8H,2-3,5H2,1H3,(H,14,15). The molecule has 0 bridgehead atoms. The third-order valence-corrected chi connectivity index (χ3v) is 4.87. The maximum absolute atomic E-state index is 12.0. The minimum absolute atomic E-state index is 0.0282. The van der Waals surface area contributed by atoms with E-state index in [0.29, 0.717) is 5.88 Å². The molecule has 1 N–H and O–H groups in total. The smallest absolute Gasteiger partial charge is 0.261 e. The van der Waals surface area contributed by atoms with Crippen LogP contribution in [0.25, 0.3) is 9.40 Å². The highest BCUT2D eigenvalue weighted by Crippen LogP contribution is 2.29. The second-order valence-corrected chi connectivity index (χ2v) is 6.37. The van der Waals surface area contributed by atoms with E-state index in [1.54, 1.807) is 22.7 Å². The predicted octanol–water partition coefficient (Wildman–Crippen LogP) is 4.10. The predicted molar refractivity (Wildman–Crippen MR) is 76.6 cm³/mol. The quantitative estimate of drug-likeness (QED) is 0.824. The average Bonchev–Trinajstić information content (AvgIpc) is 2.86. The fraction of sp³-hybridized carbons (Fsp3) is 0.417. The fourth-order valence-electron chi connectivity index (χ4n) is 1.63. The average molecular weight is 288 g/mol. The number of alkyl halides is 1. The number of hydrogen-bond donors (Lipinski definition) is 1. The first kappa shape index (κ1) is 12.9. The van der Waals surface area contributed by atoms with Gasteiger partial charge in [0.25, 0.3) is 5.91 Å². The Balaban J connectivity index is 1.98. The molecule has 1 unspecified atom stereocenters. The van der Waals surface area contributed by atoms with Crippen LogP contribution < -0.4 is 5.32 Å². The lowest BCUT2D eigenvalue weighted by Crippen LogP contribution is -2.31. The van der Waals surface area contributed by atoms with Crippen molar-refractivity contribution < 1.29 is 4.79 Å². The summed E-state index contributed by atoms with van der Waals surface area (Å²) in [4.78, 5) is 12.8. The van der Waals surface area contributed by atoms with Crippen molar-refractivity contribution >= 4 is 49.6 Å². The molecule has 0 aliphatic carbocycles. The molecular formula is C12H14ClNOS2. The molecule has 0 aliphatic heterocycles. The topological polar surface area (TPSA) is 29.1 Å². The van der Waals surface area contributed by atoms with Crippen LogP contribution in [0.1, 0.15) is 29.4 Å². The van der Waals surface area contributed by atoms with E-state index in [1.807, 2.05) is 18.4 Å². The molecule has 1 atom stereocenters. The molecule has 5 heteroatoms. The maximum Gasteiger partial charge on any atom is 0.261 e. The van der Waals surface area contributed by atoms with Gasteiger partial charge in [-0.3, -0.25) is 4.79 Å². The molecule has 0 spiro atoms. The Kier molecular flexibility index (Phi) is 4.42. The summed E-state index contributed by atoms with van der Waals surface area (Å²) in [6.45, 7) is 2.01. The maximum atomic E-state index is 12.0. The Morgan fingerprint density at radius 1 is 1.53 bits per heavy atom. The van der Waals surface area contributed by atoms with Gasteiger partial charge in [-0.15, -0.1) is 34.3 Å². The Morgan fingerprint density at radius 2 is 2.35 bits per heavy atom. The Morgan fingerprint density at radius 3 is 3.06 bits per heavy atom. The summed E-state index contributed by atoms with van der Waals surface area (Å²) in [7, 11) is 0. The van der Waals surface area contributed by atoms with E-state index in [9.17, 15) is 4.79 Å². The zero-order chi connectivity index (χ0) is 12.3. The molecule has 0 aliphatic rings. The van der Waals surface area contributed by atoms with Gasteiger partial charge in [-0.25, -0.2) is 0 Å². The zero-order valence-electron chi connectivity index (χ0n) is 9.53. The SMILES string of the molecule is CC(CCCCl)NC(=O)c1cc2sccc2s1. The van der Waals surface area contributed by atoms with Crippen LogP contribution in [-0.2, 0) is 0 Å². The molecule has 0 aromatic carbocycles. The molecule has 2 rings (SSSR count). The monoisotopic (exact) mass is 287 g/mol. The van der Waals surface area contributed by atoms with Crippen LogP contribution in [0.5, 0.6) is 0 Å². The number of amides is 1. The molecule has 0 saturated heterocycles. The van der Waals surface area contributed by atoms with Crippen LogP contribution in [0.4, 0.5) is 0 Å². The third-order valence-electron chi connectivity index (χ3n) is 2.51. The molecule has 0 radical (unpaired) electrons. The van der Waals surface area contributed by atoms with Crippen molar-refractivity contribution in [2.75, 3.05) is 5.88 Å². The van der Waals surface area contributed by atoms with Gasteiger partial charge >= 0.3 is 0 Å². The summed E-state index contributed by atoms with van der Waals surface area (Å²) in [6.07, 6.45) is 1.86. The minimum atomic E-state index is 0.0282. The summed E-state index contributed by atoms with van der Waals surface area (Å²) < 4.78 is 2.38. The van der Waals surface area contributed by atoms with Gasteiger partial charge in [-0.2, -0.15) is 0 Å². The normalized spacial score (nSPS) is 12.8. The first-order chi connectivity index (χ1) is 8.20. The van der Waals surface area contributed by atoms with E-state index in [2.05, 4.69) is 11.4 Å². The Hall–Kier alpha value is -0.580. The number of thiophene rings is 2. The van der Waals surface area contributed by atoms with Crippen molar-refractivity contribution in [3.8, 4) is 0 Å². The number of hydrogen-bond acceptors (Lipinski definition) is 3. The molecule has 0 fully saturated rings. The van der Waals surface area contributed by atoms with Gasteiger partial charge in [0.2, 0.25) is 0 Å². The molecule has 0 saturated carbocycles. The van der Waals surface area contributed by atoms with Crippen LogP contribution >= 0.6 is 34.3 Å². The lowest BCUT2D eigenvalue weighted by atomic mass is 10.2. The summed E-state index contributed by atoms with van der Waals surface area (Å²) in [5.74, 6) is 0.676. The van der Waals surface area contributed by atoms with Crippen LogP contribution in [-0.4, -0.2) is 17.8 Å². The zero-order valence-corrected chi connectivity index (χ0v) is 11.9. The highest BCUT2D eigenvalue weighted by atomic mass is 35.5. The number of nitrogens with one attached hydrogen (secondary N) is 1. The molecular weight excluding hydrogens is 274 g/mol. The van der Waals surface area contributed by atoms with Crippen LogP contribution in [0, 0.1) is 0 Å². The first-order valence-corrected chi connectivity index (χ1v) is 7.77. The van der Waals surface area contributed by atoms with Gasteiger partial charge in [0.05, 0.1) is 4.88 Å². The first-order valence-electron chi connectivity index (χ1n) is 5.54. The number of halogens is 1. The van der Waals surface area contributed by atoms with E-state index < -0.39 is 0 Å². The van der Waals surface area contributed by atoms with Crippen molar-refractivity contribution in [1.29, 1.82) is 0 Å². The van der Waals surface area contributed by atoms with Gasteiger partial charge in [0, 0.05) is 21.3 Å². The number of carbonyl (C=O) groups is 1. The Bertz CT molecular complexity index is 477. The van der Waals surface area contributed by atoms with Gasteiger partial charge < -0.3 is 5.32 Å². The van der Waals surface area contributed by atoms with E-state index >= 15 is 0 Å². The third kappa shape index (κ3) is 3.21. The van der Waals surface area contributed by atoms with Crippen molar-refractivity contribution in [1.82, 2.24) is 5.32 Å². The van der Waals surface area contributed by atoms with Crippen LogP contribution in [0.3, 0.4) is 0 Å². The molecule has 2 aromatic heterocycles. The number of rotatable bonds is 5. The largest absolute Gasteiger partial charge is 0.349 e. The number of fused-ring (bicyclic) bond motifs is 1. The summed E-state index contributed by atoms with van der Waals surface area (Å²) in [5.41, 5.74) is 0. The van der Waals surface area contributed by atoms with Gasteiger partial charge in [0.15, 0.2) is 0 Å². The van der Waals surface area contributed by atoms with Gasteiger partial charge in [0.1, 0.15) is 0 Å². The molecule has 17 heavy (non-hydrogen) atoms. The summed E-state index contributed by atoms with van der Waals surface area (Å²) >= 11 is 8.85. The van der Waals surface area contributed by atoms with Crippen molar-refractivity contribution in [3.05, 3.63) is 22.4 Å². The summed E-state index contributed by atoms with van der Waals surface area (Å²) in [6, 6.07) is 4.20. The molecule has 92 valence electrons. The van der Waals surface area contributed by atoms with Crippen molar-refractivity contribution in [2.45, 2.75) is 25.8 Å². The second kappa shape index (κ2) is 5.85. The van der Waals surface area contributed by atoms with Crippen molar-refractivity contribution in [2.24, 2.45) is 0 Å². The van der Waals surface area contributed by atoms with Crippen LogP contribution in [0.2, 0.25) is 0 Å². The highest BCUT2D eigenvalue weighted by Gasteiger charge is 2.13. The van der Waals surface area contributed by atoms with E-state index in [4.69, 9.17) is 11.6 Å². The molecule has 2 aromatic rings. The van der Waals surface area contributed by atoms with Gasteiger partial charge in [-0.05, 0) is 37.3 Å². The highest BCUT2D eigenvalue weighted by molar-refractivity contribution is 7.27. The summed E-state index contributed by atoms with van der Waals surface area (Å²) in [5, 5.41) is 5.05.